The van der Waals surface area contributed by atoms with Gasteiger partial charge in [-0.1, -0.05) is 53.7 Å². The van der Waals surface area contributed by atoms with Crippen LogP contribution in [0.3, 0.4) is 0 Å². The molecule has 0 radical (unpaired) electrons. The van der Waals surface area contributed by atoms with Crippen LogP contribution in [0.5, 0.6) is 0 Å². The van der Waals surface area contributed by atoms with Gasteiger partial charge >= 0.3 is 0 Å². The van der Waals surface area contributed by atoms with Crippen molar-refractivity contribution in [2.75, 3.05) is 0 Å². The molecule has 1 nitrogen and oxygen atoms in total. The van der Waals surface area contributed by atoms with E-state index in [1.165, 1.54) is 22.3 Å². The van der Waals surface area contributed by atoms with E-state index < -0.39 is 0 Å². The molecule has 1 aromatic carbocycles. The summed E-state index contributed by atoms with van der Waals surface area (Å²) in [5, 5.41) is 0. The van der Waals surface area contributed by atoms with Crippen molar-refractivity contribution in [3.8, 4) is 0 Å². The Balaban J connectivity index is 3.40. The minimum absolute atomic E-state index is 0.113. The van der Waals surface area contributed by atoms with Gasteiger partial charge in [0.2, 0.25) is 0 Å². The SMILES string of the molecule is CCc1cc(CC)c(C(N)C(C)(C)C)c(CC)c1. The van der Waals surface area contributed by atoms with Gasteiger partial charge in [0, 0.05) is 6.04 Å². The molecule has 2 N–H and O–H groups in total. The average Bonchev–Trinajstić information content (AvgIpc) is 2.34. The second-order valence-electron chi connectivity index (χ2n) is 6.23. The number of nitrogens with two attached hydrogens (primary N) is 1. The lowest BCUT2D eigenvalue weighted by atomic mass is 9.78. The molecule has 1 unspecified atom stereocenters. The van der Waals surface area contributed by atoms with E-state index in [2.05, 4.69) is 53.7 Å². The molecular weight excluding hydrogens is 218 g/mol. The van der Waals surface area contributed by atoms with Crippen LogP contribution in [0, 0.1) is 5.41 Å². The first-order valence-electron chi connectivity index (χ1n) is 7.25. The van der Waals surface area contributed by atoms with Crippen LogP contribution < -0.4 is 5.73 Å². The lowest BCUT2D eigenvalue weighted by Crippen LogP contribution is -2.28. The van der Waals surface area contributed by atoms with Gasteiger partial charge in [-0.15, -0.1) is 0 Å². The Labute approximate surface area is 113 Å². The molecule has 0 heterocycles. The lowest BCUT2D eigenvalue weighted by Gasteiger charge is -2.31. The summed E-state index contributed by atoms with van der Waals surface area (Å²) in [4.78, 5) is 0. The van der Waals surface area contributed by atoms with E-state index in [0.29, 0.717) is 0 Å². The fraction of sp³-hybridized carbons (Fsp3) is 0.647. The van der Waals surface area contributed by atoms with Crippen molar-refractivity contribution in [3.63, 3.8) is 0 Å². The van der Waals surface area contributed by atoms with Gasteiger partial charge in [-0.25, -0.2) is 0 Å². The Hall–Kier alpha value is -0.820. The van der Waals surface area contributed by atoms with Crippen LogP contribution in [0.25, 0.3) is 0 Å². The molecule has 0 bridgehead atoms. The van der Waals surface area contributed by atoms with Gasteiger partial charge in [0.05, 0.1) is 0 Å². The van der Waals surface area contributed by atoms with Crippen molar-refractivity contribution in [2.45, 2.75) is 66.8 Å². The van der Waals surface area contributed by atoms with Gasteiger partial charge in [-0.3, -0.25) is 0 Å². The monoisotopic (exact) mass is 247 g/mol. The molecule has 1 rings (SSSR count). The predicted molar refractivity (Wildman–Crippen MR) is 81.0 cm³/mol. The molecule has 0 amide bonds. The minimum atomic E-state index is 0.113. The topological polar surface area (TPSA) is 26.0 Å². The molecule has 102 valence electrons. The van der Waals surface area contributed by atoms with Gasteiger partial charge in [0.25, 0.3) is 0 Å². The van der Waals surface area contributed by atoms with Crippen molar-refractivity contribution in [3.05, 3.63) is 34.4 Å². The summed E-state index contributed by atoms with van der Waals surface area (Å²) < 4.78 is 0. The van der Waals surface area contributed by atoms with E-state index in [1.807, 2.05) is 0 Å². The van der Waals surface area contributed by atoms with Crippen LogP contribution in [0.15, 0.2) is 12.1 Å². The third-order valence-corrected chi connectivity index (χ3v) is 3.83. The molecule has 0 aromatic heterocycles. The second-order valence-corrected chi connectivity index (χ2v) is 6.23. The molecule has 0 saturated heterocycles. The van der Waals surface area contributed by atoms with E-state index in [-0.39, 0.29) is 11.5 Å². The van der Waals surface area contributed by atoms with Crippen LogP contribution >= 0.6 is 0 Å². The van der Waals surface area contributed by atoms with Crippen LogP contribution in [0.4, 0.5) is 0 Å². The summed E-state index contributed by atoms with van der Waals surface area (Å²) in [5.74, 6) is 0. The Morgan fingerprint density at radius 2 is 1.39 bits per heavy atom. The molecular formula is C17H29N. The zero-order chi connectivity index (χ0) is 13.9. The van der Waals surface area contributed by atoms with Crippen molar-refractivity contribution in [1.82, 2.24) is 0 Å². The molecule has 1 heteroatoms. The van der Waals surface area contributed by atoms with Gasteiger partial charge in [-0.05, 0) is 46.9 Å². The molecule has 1 aromatic rings. The summed E-state index contributed by atoms with van der Waals surface area (Å²) in [6, 6.07) is 4.81. The maximum atomic E-state index is 6.52. The standard InChI is InChI=1S/C17H29N/c1-7-12-10-13(8-2)15(14(9-3)11-12)16(18)17(4,5)6/h10-11,16H,7-9,18H2,1-6H3. The van der Waals surface area contributed by atoms with Gasteiger partial charge in [-0.2, -0.15) is 0 Å². The second kappa shape index (κ2) is 5.88. The summed E-state index contributed by atoms with van der Waals surface area (Å²) in [5.41, 5.74) is 12.3. The van der Waals surface area contributed by atoms with Gasteiger partial charge < -0.3 is 5.73 Å². The van der Waals surface area contributed by atoms with E-state index in [4.69, 9.17) is 5.73 Å². The summed E-state index contributed by atoms with van der Waals surface area (Å²) >= 11 is 0. The maximum absolute atomic E-state index is 6.52. The van der Waals surface area contributed by atoms with Crippen LogP contribution in [0.2, 0.25) is 0 Å². The highest BCUT2D eigenvalue weighted by Crippen LogP contribution is 2.35. The lowest BCUT2D eigenvalue weighted by molar-refractivity contribution is 0.324. The predicted octanol–water partition coefficient (Wildman–Crippen LogP) is 4.42. The Morgan fingerprint density at radius 3 is 1.67 bits per heavy atom. The molecule has 0 aliphatic carbocycles. The van der Waals surface area contributed by atoms with E-state index in [9.17, 15) is 0 Å². The van der Waals surface area contributed by atoms with E-state index >= 15 is 0 Å². The van der Waals surface area contributed by atoms with Crippen LogP contribution in [-0.2, 0) is 19.3 Å². The summed E-state index contributed by atoms with van der Waals surface area (Å²) in [6.07, 6.45) is 3.24. The Morgan fingerprint density at radius 1 is 0.944 bits per heavy atom. The van der Waals surface area contributed by atoms with Crippen LogP contribution in [0.1, 0.15) is 69.8 Å². The average molecular weight is 247 g/mol. The third-order valence-electron chi connectivity index (χ3n) is 3.83. The first kappa shape index (κ1) is 15.2. The Bertz CT molecular complexity index is 374. The first-order chi connectivity index (χ1) is 8.35. The summed E-state index contributed by atoms with van der Waals surface area (Å²) in [7, 11) is 0. The zero-order valence-electron chi connectivity index (χ0n) is 12.9. The van der Waals surface area contributed by atoms with Crippen molar-refractivity contribution >= 4 is 0 Å². The zero-order valence-corrected chi connectivity index (χ0v) is 12.9. The van der Waals surface area contributed by atoms with Gasteiger partial charge in [0.15, 0.2) is 0 Å². The summed E-state index contributed by atoms with van der Waals surface area (Å²) in [6.45, 7) is 13.4. The van der Waals surface area contributed by atoms with Crippen molar-refractivity contribution in [1.29, 1.82) is 0 Å². The fourth-order valence-corrected chi connectivity index (χ4v) is 2.47. The molecule has 0 fully saturated rings. The Kier molecular flexibility index (Phi) is 4.98. The van der Waals surface area contributed by atoms with Crippen molar-refractivity contribution < 1.29 is 0 Å². The molecule has 0 saturated carbocycles. The minimum Gasteiger partial charge on any atom is -0.323 e. The fourth-order valence-electron chi connectivity index (χ4n) is 2.47. The maximum Gasteiger partial charge on any atom is 0.0349 e. The van der Waals surface area contributed by atoms with E-state index in [0.717, 1.165) is 19.3 Å². The van der Waals surface area contributed by atoms with Crippen LogP contribution in [-0.4, -0.2) is 0 Å². The number of benzene rings is 1. The van der Waals surface area contributed by atoms with Gasteiger partial charge in [0.1, 0.15) is 0 Å². The van der Waals surface area contributed by atoms with Crippen molar-refractivity contribution in [2.24, 2.45) is 11.1 Å². The number of rotatable bonds is 4. The number of aryl methyl sites for hydroxylation is 3. The number of hydrogen-bond acceptors (Lipinski definition) is 1. The molecule has 1 atom stereocenters. The highest BCUT2D eigenvalue weighted by molar-refractivity contribution is 5.42. The highest BCUT2D eigenvalue weighted by atomic mass is 14.7. The molecule has 0 aliphatic rings. The first-order valence-corrected chi connectivity index (χ1v) is 7.25. The normalized spacial score (nSPS) is 13.7. The molecule has 0 aliphatic heterocycles. The molecule has 0 spiro atoms. The highest BCUT2D eigenvalue weighted by Gasteiger charge is 2.26. The largest absolute Gasteiger partial charge is 0.323 e. The van der Waals surface area contributed by atoms with E-state index in [1.54, 1.807) is 0 Å². The smallest absolute Gasteiger partial charge is 0.0349 e. The molecule has 18 heavy (non-hydrogen) atoms. The third kappa shape index (κ3) is 3.14. The quantitative estimate of drug-likeness (QED) is 0.837. The number of hydrogen-bond donors (Lipinski definition) is 1.